The van der Waals surface area contributed by atoms with E-state index in [2.05, 4.69) is 25.2 Å². The summed E-state index contributed by atoms with van der Waals surface area (Å²) in [5, 5.41) is 22.9. The van der Waals surface area contributed by atoms with Crippen LogP contribution < -0.4 is 0 Å². The van der Waals surface area contributed by atoms with Gasteiger partial charge in [0, 0.05) is 33.2 Å². The van der Waals surface area contributed by atoms with E-state index in [9.17, 15) is 19.7 Å². The van der Waals surface area contributed by atoms with Crippen LogP contribution in [0.15, 0.2) is 74.3 Å². The topological polar surface area (TPSA) is 207 Å². The van der Waals surface area contributed by atoms with Crippen LogP contribution in [0.3, 0.4) is 0 Å². The lowest BCUT2D eigenvalue weighted by atomic mass is 10.1. The van der Waals surface area contributed by atoms with Gasteiger partial charge in [-0.25, -0.2) is 9.80 Å². The SMILES string of the molecule is [N-]=[N+]=NCc1cc(CN2C(=O)CN(/N=C/c3ccc(-c4ccc([N+](=O)[O-])cc4)o3)C2=O)cc(N=[N+]=[N-])c1. The van der Waals surface area contributed by atoms with Crippen LogP contribution in [0.25, 0.3) is 32.2 Å². The van der Waals surface area contributed by atoms with E-state index in [0.717, 1.165) is 9.91 Å². The van der Waals surface area contributed by atoms with Gasteiger partial charge < -0.3 is 4.42 Å². The van der Waals surface area contributed by atoms with Crippen molar-refractivity contribution in [1.82, 2.24) is 9.91 Å². The predicted molar refractivity (Wildman–Crippen MR) is 129 cm³/mol. The number of carbonyl (C=O) groups excluding carboxylic acids is 2. The van der Waals surface area contributed by atoms with Gasteiger partial charge >= 0.3 is 6.03 Å². The molecule has 0 radical (unpaired) electrons. The number of rotatable bonds is 9. The second-order valence-corrected chi connectivity index (χ2v) is 7.66. The molecule has 1 aliphatic rings. The Hall–Kier alpha value is -5.65. The Morgan fingerprint density at radius 3 is 2.51 bits per heavy atom. The molecule has 0 atom stereocenters. The number of hydrogen-bond donors (Lipinski definition) is 0. The fourth-order valence-corrected chi connectivity index (χ4v) is 3.56. The second kappa shape index (κ2) is 10.7. The molecule has 15 heteroatoms. The summed E-state index contributed by atoms with van der Waals surface area (Å²) in [4.78, 5) is 42.1. The standard InChI is InChI=1S/C22H16N10O5/c23-28-25-10-14-7-15(9-17(8-14)27-29-24)12-30-21(33)13-31(22(30)34)26-11-19-5-6-20(37-19)16-1-3-18(4-2-16)32(35)36/h1-9,11H,10,12-13H2/b26-11+. The lowest BCUT2D eigenvalue weighted by molar-refractivity contribution is -0.384. The fourth-order valence-electron chi connectivity index (χ4n) is 3.56. The van der Waals surface area contributed by atoms with Crippen LogP contribution in [0.1, 0.15) is 16.9 Å². The van der Waals surface area contributed by atoms with Gasteiger partial charge in [0.1, 0.15) is 18.1 Å². The zero-order valence-electron chi connectivity index (χ0n) is 18.9. The van der Waals surface area contributed by atoms with Crippen LogP contribution in [0.5, 0.6) is 0 Å². The number of azide groups is 2. The number of imide groups is 1. The zero-order chi connectivity index (χ0) is 26.4. The van der Waals surface area contributed by atoms with Crippen molar-refractivity contribution in [2.45, 2.75) is 13.1 Å². The van der Waals surface area contributed by atoms with Gasteiger partial charge in [-0.15, -0.1) is 0 Å². The van der Waals surface area contributed by atoms with Crippen molar-refractivity contribution in [1.29, 1.82) is 0 Å². The Kier molecular flexibility index (Phi) is 7.10. The molecule has 3 aromatic rings. The van der Waals surface area contributed by atoms with Gasteiger partial charge in [0.05, 0.1) is 24.2 Å². The highest BCUT2D eigenvalue weighted by molar-refractivity contribution is 6.02. The second-order valence-electron chi connectivity index (χ2n) is 7.66. The highest BCUT2D eigenvalue weighted by Gasteiger charge is 2.36. The van der Waals surface area contributed by atoms with Gasteiger partial charge in [-0.1, -0.05) is 16.3 Å². The first-order valence-electron chi connectivity index (χ1n) is 10.6. The lowest BCUT2D eigenvalue weighted by Gasteiger charge is -2.15. The number of amides is 3. The van der Waals surface area contributed by atoms with Crippen LogP contribution in [0, 0.1) is 10.1 Å². The summed E-state index contributed by atoms with van der Waals surface area (Å²) in [6, 6.07) is 13.1. The average molecular weight is 500 g/mol. The highest BCUT2D eigenvalue weighted by Crippen LogP contribution is 2.25. The molecule has 0 bridgehead atoms. The van der Waals surface area contributed by atoms with E-state index in [1.54, 1.807) is 30.3 Å². The summed E-state index contributed by atoms with van der Waals surface area (Å²) in [7, 11) is 0. The summed E-state index contributed by atoms with van der Waals surface area (Å²) in [6.07, 6.45) is 1.28. The summed E-state index contributed by atoms with van der Waals surface area (Å²) < 4.78 is 5.67. The molecule has 1 aliphatic heterocycles. The molecule has 1 aromatic heterocycles. The van der Waals surface area contributed by atoms with E-state index >= 15 is 0 Å². The molecule has 1 fully saturated rings. The Labute approximate surface area is 207 Å². The van der Waals surface area contributed by atoms with Crippen LogP contribution in [-0.4, -0.2) is 39.5 Å². The van der Waals surface area contributed by atoms with Gasteiger partial charge in [-0.3, -0.25) is 19.8 Å². The third-order valence-electron chi connectivity index (χ3n) is 5.21. The quantitative estimate of drug-likeness (QED) is 0.0716. The Morgan fingerprint density at radius 1 is 1.05 bits per heavy atom. The van der Waals surface area contributed by atoms with Crippen molar-refractivity contribution in [2.75, 3.05) is 6.54 Å². The maximum atomic E-state index is 12.8. The summed E-state index contributed by atoms with van der Waals surface area (Å²) in [5.41, 5.74) is 19.2. The van der Waals surface area contributed by atoms with Gasteiger partial charge in [0.2, 0.25) is 0 Å². The predicted octanol–water partition coefficient (Wildman–Crippen LogP) is 5.41. The van der Waals surface area contributed by atoms with E-state index in [0.29, 0.717) is 28.2 Å². The molecule has 1 saturated heterocycles. The van der Waals surface area contributed by atoms with Crippen LogP contribution in [-0.2, 0) is 17.9 Å². The number of urea groups is 1. The van der Waals surface area contributed by atoms with Gasteiger partial charge in [0.15, 0.2) is 0 Å². The number of hydrazone groups is 1. The van der Waals surface area contributed by atoms with E-state index in [-0.39, 0.29) is 31.0 Å². The normalized spacial score (nSPS) is 13.1. The molecule has 37 heavy (non-hydrogen) atoms. The molecular weight excluding hydrogens is 484 g/mol. The van der Waals surface area contributed by atoms with Crippen LogP contribution in [0.4, 0.5) is 16.2 Å². The van der Waals surface area contributed by atoms with E-state index < -0.39 is 16.9 Å². The minimum Gasteiger partial charge on any atom is -0.455 e. The molecule has 0 spiro atoms. The highest BCUT2D eigenvalue weighted by atomic mass is 16.6. The van der Waals surface area contributed by atoms with Crippen molar-refractivity contribution >= 4 is 29.5 Å². The number of nitro groups is 1. The maximum Gasteiger partial charge on any atom is 0.347 e. The largest absolute Gasteiger partial charge is 0.455 e. The molecular formula is C22H16N10O5. The van der Waals surface area contributed by atoms with Crippen molar-refractivity contribution < 1.29 is 18.9 Å². The number of benzene rings is 2. The number of nitrogens with zero attached hydrogens (tertiary/aromatic N) is 10. The van der Waals surface area contributed by atoms with Gasteiger partial charge in [-0.2, -0.15) is 5.10 Å². The first-order chi connectivity index (χ1) is 17.9. The number of hydrogen-bond acceptors (Lipinski definition) is 8. The lowest BCUT2D eigenvalue weighted by Crippen LogP contribution is -2.30. The monoisotopic (exact) mass is 500 g/mol. The number of nitro benzene ring substituents is 1. The molecule has 0 saturated carbocycles. The maximum absolute atomic E-state index is 12.8. The fraction of sp³-hybridized carbons (Fsp3) is 0.136. The molecule has 15 nitrogen and oxygen atoms in total. The van der Waals surface area contributed by atoms with Crippen molar-refractivity contribution in [3.05, 3.63) is 102 Å². The first-order valence-corrected chi connectivity index (χ1v) is 10.6. The molecule has 0 N–H and O–H groups in total. The van der Waals surface area contributed by atoms with Gasteiger partial charge in [-0.05, 0) is 58.6 Å². The van der Waals surface area contributed by atoms with E-state index in [4.69, 9.17) is 15.5 Å². The van der Waals surface area contributed by atoms with Gasteiger partial charge in [0.25, 0.3) is 11.6 Å². The van der Waals surface area contributed by atoms with Crippen LogP contribution >= 0.6 is 0 Å². The molecule has 0 unspecified atom stereocenters. The van der Waals surface area contributed by atoms with E-state index in [1.165, 1.54) is 30.5 Å². The zero-order valence-corrected chi connectivity index (χ0v) is 18.9. The smallest absolute Gasteiger partial charge is 0.347 e. The third-order valence-corrected chi connectivity index (χ3v) is 5.21. The minimum atomic E-state index is -0.658. The number of non-ortho nitro benzene ring substituents is 1. The van der Waals surface area contributed by atoms with E-state index in [1.807, 2.05) is 0 Å². The van der Waals surface area contributed by atoms with Crippen molar-refractivity contribution in [2.24, 2.45) is 15.3 Å². The summed E-state index contributed by atoms with van der Waals surface area (Å²) >= 11 is 0. The van der Waals surface area contributed by atoms with Crippen molar-refractivity contribution in [3.63, 3.8) is 0 Å². The Bertz CT molecular complexity index is 1500. The molecule has 2 aromatic carbocycles. The Morgan fingerprint density at radius 2 is 1.81 bits per heavy atom. The first kappa shape index (κ1) is 24.5. The van der Waals surface area contributed by atoms with Crippen LogP contribution in [0.2, 0.25) is 0 Å². The summed E-state index contributed by atoms with van der Waals surface area (Å²) in [6.45, 7) is -0.388. The minimum absolute atomic E-state index is 0.00160. The molecule has 2 heterocycles. The molecule has 4 rings (SSSR count). The van der Waals surface area contributed by atoms with Crippen molar-refractivity contribution in [3.8, 4) is 11.3 Å². The number of furan rings is 1. The average Bonchev–Trinajstić information content (AvgIpc) is 3.46. The molecule has 184 valence electrons. The molecule has 0 aliphatic carbocycles. The Balaban J connectivity index is 1.46. The number of carbonyl (C=O) groups is 2. The molecule has 3 amide bonds. The third kappa shape index (κ3) is 5.71. The summed E-state index contributed by atoms with van der Waals surface area (Å²) in [5.74, 6) is 0.258.